The molecule has 0 N–H and O–H groups in total. The van der Waals surface area contributed by atoms with Crippen molar-refractivity contribution >= 4 is 28.9 Å². The number of thiazole rings is 1. The predicted octanol–water partition coefficient (Wildman–Crippen LogP) is 4.46. The fourth-order valence-electron chi connectivity index (χ4n) is 3.17. The molecule has 0 saturated carbocycles. The third kappa shape index (κ3) is 4.61. The van der Waals surface area contributed by atoms with E-state index < -0.39 is 18.1 Å². The molecular weight excluding hydrogens is 388 g/mol. The summed E-state index contributed by atoms with van der Waals surface area (Å²) in [6.45, 7) is 9.78. The second-order valence-electron chi connectivity index (χ2n) is 7.73. The van der Waals surface area contributed by atoms with Crippen molar-refractivity contribution in [1.29, 1.82) is 0 Å². The van der Waals surface area contributed by atoms with Crippen molar-refractivity contribution in [2.24, 2.45) is 5.92 Å². The number of aromatic nitrogens is 1. The number of nitrogens with zero attached hydrogens (tertiary/aromatic N) is 2. The lowest BCUT2D eigenvalue weighted by Crippen LogP contribution is -2.52. The summed E-state index contributed by atoms with van der Waals surface area (Å²) in [4.78, 5) is 31.6. The minimum atomic E-state index is -0.743. The van der Waals surface area contributed by atoms with Crippen LogP contribution in [0.1, 0.15) is 46.0 Å². The molecule has 2 unspecified atom stereocenters. The summed E-state index contributed by atoms with van der Waals surface area (Å²) in [5.41, 5.74) is 2.33. The van der Waals surface area contributed by atoms with E-state index in [1.807, 2.05) is 37.4 Å². The van der Waals surface area contributed by atoms with Crippen molar-refractivity contribution in [2.75, 3.05) is 11.5 Å². The normalized spacial score (nSPS) is 17.1. The van der Waals surface area contributed by atoms with Gasteiger partial charge in [0, 0.05) is 10.9 Å². The predicted molar refractivity (Wildman–Crippen MR) is 114 cm³/mol. The average Bonchev–Trinajstić information content (AvgIpc) is 3.15. The first-order valence-corrected chi connectivity index (χ1v) is 10.9. The Kier molecular flexibility index (Phi) is 6.57. The lowest BCUT2D eigenvalue weighted by molar-refractivity contribution is -0.147. The van der Waals surface area contributed by atoms with Gasteiger partial charge < -0.3 is 9.47 Å². The Morgan fingerprint density at radius 3 is 2.79 bits per heavy atom. The lowest BCUT2D eigenvalue weighted by Gasteiger charge is -2.36. The van der Waals surface area contributed by atoms with Gasteiger partial charge in [0.2, 0.25) is 0 Å². The van der Waals surface area contributed by atoms with Crippen LogP contribution < -0.4 is 9.64 Å². The van der Waals surface area contributed by atoms with Crippen molar-refractivity contribution in [3.05, 3.63) is 28.6 Å². The maximum Gasteiger partial charge on any atom is 0.328 e. The number of hydrogen-bond donors (Lipinski definition) is 0. The minimum Gasteiger partial charge on any atom is -0.479 e. The third-order valence-electron chi connectivity index (χ3n) is 4.71. The summed E-state index contributed by atoms with van der Waals surface area (Å²) in [6, 6.07) is 4.90. The number of ether oxygens (including phenoxy) is 2. The molecule has 1 aliphatic rings. The number of carbonyl (C=O) groups is 2. The van der Waals surface area contributed by atoms with Gasteiger partial charge in [0.15, 0.2) is 6.10 Å². The molecule has 1 aliphatic heterocycles. The second-order valence-corrected chi connectivity index (χ2v) is 8.67. The molecule has 0 aliphatic carbocycles. The summed E-state index contributed by atoms with van der Waals surface area (Å²) >= 11 is 1.63. The Hall–Kier alpha value is -2.41. The average molecular weight is 417 g/mol. The van der Waals surface area contributed by atoms with E-state index in [0.29, 0.717) is 18.0 Å². The number of fused-ring (bicyclic) bond motifs is 1. The number of benzene rings is 1. The van der Waals surface area contributed by atoms with Gasteiger partial charge in [-0.15, -0.1) is 11.3 Å². The first-order chi connectivity index (χ1) is 13.8. The minimum absolute atomic E-state index is 0.228. The van der Waals surface area contributed by atoms with Gasteiger partial charge >= 0.3 is 5.97 Å². The van der Waals surface area contributed by atoms with Crippen LogP contribution in [0.15, 0.2) is 23.6 Å². The van der Waals surface area contributed by atoms with Gasteiger partial charge in [-0.3, -0.25) is 9.69 Å². The summed E-state index contributed by atoms with van der Waals surface area (Å²) in [7, 11) is 0. The molecule has 1 amide bonds. The maximum atomic E-state index is 12.9. The van der Waals surface area contributed by atoms with Gasteiger partial charge in [-0.05, 0) is 50.8 Å². The number of rotatable bonds is 7. The van der Waals surface area contributed by atoms with Crippen LogP contribution in [-0.2, 0) is 20.7 Å². The standard InChI is InChI=1S/C22H28N2O4S/c1-6-7-20-23-17(12-29-20)16-8-9-19-18(10-16)24(21(25)15(5)28-19)14(4)22(26)27-11-13(2)3/h8-10,12-15H,6-7,11H2,1-5H3. The first-order valence-electron chi connectivity index (χ1n) is 10.1. The monoisotopic (exact) mass is 416 g/mol. The maximum absolute atomic E-state index is 12.9. The van der Waals surface area contributed by atoms with E-state index in [-0.39, 0.29) is 11.8 Å². The fraction of sp³-hybridized carbons (Fsp3) is 0.500. The Balaban J connectivity index is 1.94. The highest BCUT2D eigenvalue weighted by Gasteiger charge is 2.38. The number of hydrogen-bond acceptors (Lipinski definition) is 6. The molecule has 0 bridgehead atoms. The van der Waals surface area contributed by atoms with Gasteiger partial charge in [0.05, 0.1) is 23.0 Å². The van der Waals surface area contributed by atoms with Crippen LogP contribution in [0.5, 0.6) is 5.75 Å². The van der Waals surface area contributed by atoms with E-state index in [1.165, 1.54) is 4.90 Å². The number of amides is 1. The summed E-state index contributed by atoms with van der Waals surface area (Å²) in [6.07, 6.45) is 1.32. The Morgan fingerprint density at radius 1 is 1.34 bits per heavy atom. The molecule has 2 heterocycles. The Labute approximate surface area is 175 Å². The lowest BCUT2D eigenvalue weighted by atomic mass is 10.1. The molecule has 7 heteroatoms. The van der Waals surface area contributed by atoms with Crippen LogP contribution in [-0.4, -0.2) is 35.6 Å². The fourth-order valence-corrected chi connectivity index (χ4v) is 4.08. The van der Waals surface area contributed by atoms with Gasteiger partial charge in [0.1, 0.15) is 11.8 Å². The van der Waals surface area contributed by atoms with Crippen LogP contribution in [0.25, 0.3) is 11.3 Å². The molecule has 0 spiro atoms. The molecule has 3 rings (SSSR count). The Bertz CT molecular complexity index is 893. The van der Waals surface area contributed by atoms with E-state index in [4.69, 9.17) is 9.47 Å². The molecule has 2 aromatic rings. The number of esters is 1. The molecule has 0 radical (unpaired) electrons. The van der Waals surface area contributed by atoms with Gasteiger partial charge in [-0.25, -0.2) is 9.78 Å². The van der Waals surface area contributed by atoms with Crippen LogP contribution in [0.4, 0.5) is 5.69 Å². The van der Waals surface area contributed by atoms with E-state index in [1.54, 1.807) is 25.2 Å². The largest absolute Gasteiger partial charge is 0.479 e. The van der Waals surface area contributed by atoms with Gasteiger partial charge in [-0.1, -0.05) is 20.8 Å². The molecular formula is C22H28N2O4S. The number of carbonyl (C=O) groups excluding carboxylic acids is 2. The van der Waals surface area contributed by atoms with E-state index in [0.717, 1.165) is 29.1 Å². The molecule has 6 nitrogen and oxygen atoms in total. The highest BCUT2D eigenvalue weighted by Crippen LogP contribution is 2.39. The highest BCUT2D eigenvalue weighted by molar-refractivity contribution is 7.09. The molecule has 1 aromatic carbocycles. The van der Waals surface area contributed by atoms with Crippen LogP contribution in [0.3, 0.4) is 0 Å². The smallest absolute Gasteiger partial charge is 0.328 e. The van der Waals surface area contributed by atoms with Gasteiger partial charge in [-0.2, -0.15) is 0 Å². The van der Waals surface area contributed by atoms with Crippen molar-refractivity contribution in [1.82, 2.24) is 4.98 Å². The summed E-state index contributed by atoms with van der Waals surface area (Å²) in [5.74, 6) is 0.129. The van der Waals surface area contributed by atoms with Crippen molar-refractivity contribution in [3.63, 3.8) is 0 Å². The number of anilines is 1. The molecule has 2 atom stereocenters. The SMILES string of the molecule is CCCc1nc(-c2ccc3c(c2)N(C(C)C(=O)OCC(C)C)C(=O)C(C)O3)cs1. The second kappa shape index (κ2) is 8.95. The Morgan fingerprint density at radius 2 is 2.10 bits per heavy atom. The highest BCUT2D eigenvalue weighted by atomic mass is 32.1. The third-order valence-corrected chi connectivity index (χ3v) is 5.61. The zero-order chi connectivity index (χ0) is 21.1. The quantitative estimate of drug-likeness (QED) is 0.623. The van der Waals surface area contributed by atoms with Crippen molar-refractivity contribution in [3.8, 4) is 17.0 Å². The molecule has 0 saturated heterocycles. The molecule has 0 fully saturated rings. The van der Waals surface area contributed by atoms with Gasteiger partial charge in [0.25, 0.3) is 5.91 Å². The molecule has 156 valence electrons. The molecule has 1 aromatic heterocycles. The first kappa shape index (κ1) is 21.3. The van der Waals surface area contributed by atoms with Crippen LogP contribution >= 0.6 is 11.3 Å². The zero-order valence-corrected chi connectivity index (χ0v) is 18.4. The van der Waals surface area contributed by atoms with Crippen LogP contribution in [0, 0.1) is 5.92 Å². The van der Waals surface area contributed by atoms with Crippen LogP contribution in [0.2, 0.25) is 0 Å². The summed E-state index contributed by atoms with van der Waals surface area (Å²) < 4.78 is 11.2. The van der Waals surface area contributed by atoms with Crippen molar-refractivity contribution < 1.29 is 19.1 Å². The van der Waals surface area contributed by atoms with E-state index >= 15 is 0 Å². The van der Waals surface area contributed by atoms with E-state index in [9.17, 15) is 9.59 Å². The van der Waals surface area contributed by atoms with E-state index in [2.05, 4.69) is 11.9 Å². The topological polar surface area (TPSA) is 68.7 Å². The number of aryl methyl sites for hydroxylation is 1. The zero-order valence-electron chi connectivity index (χ0n) is 17.6. The van der Waals surface area contributed by atoms with Crippen molar-refractivity contribution in [2.45, 2.75) is 59.6 Å². The molecule has 29 heavy (non-hydrogen) atoms. The summed E-state index contributed by atoms with van der Waals surface area (Å²) in [5, 5.41) is 3.11.